The van der Waals surface area contributed by atoms with Crippen LogP contribution in [0.3, 0.4) is 0 Å². The molecule has 1 N–H and O–H groups in total. The van der Waals surface area contributed by atoms with Crippen LogP contribution in [0.4, 0.5) is 0 Å². The molecule has 1 aromatic rings. The van der Waals surface area contributed by atoms with E-state index in [1.165, 1.54) is 4.68 Å². The minimum Gasteiger partial charge on any atom is -0.505 e. The number of carbonyl (C=O) groups excluding carboxylic acids is 1. The summed E-state index contributed by atoms with van der Waals surface area (Å²) in [6, 6.07) is 0. The minimum absolute atomic E-state index is 0.140. The van der Waals surface area contributed by atoms with Crippen molar-refractivity contribution in [3.05, 3.63) is 21.6 Å². The quantitative estimate of drug-likeness (QED) is 0.814. The van der Waals surface area contributed by atoms with Gasteiger partial charge in [-0.15, -0.1) is 0 Å². The van der Waals surface area contributed by atoms with Crippen molar-refractivity contribution < 1.29 is 14.6 Å². The fourth-order valence-electron chi connectivity index (χ4n) is 2.15. The van der Waals surface area contributed by atoms with Gasteiger partial charge in [0.2, 0.25) is 0 Å². The number of esters is 1. The molecule has 1 heterocycles. The Kier molecular flexibility index (Phi) is 6.36. The van der Waals surface area contributed by atoms with Crippen molar-refractivity contribution in [3.63, 3.8) is 0 Å². The van der Waals surface area contributed by atoms with Crippen molar-refractivity contribution in [1.29, 1.82) is 0 Å². The zero-order valence-electron chi connectivity index (χ0n) is 15.0. The summed E-state index contributed by atoms with van der Waals surface area (Å²) in [7, 11) is 0. The van der Waals surface area contributed by atoms with E-state index < -0.39 is 11.5 Å². The van der Waals surface area contributed by atoms with Crippen LogP contribution in [0, 0.1) is 11.3 Å². The van der Waals surface area contributed by atoms with Crippen LogP contribution in [0.1, 0.15) is 64.0 Å². The number of carbonyl (C=O) groups is 1. The maximum absolute atomic E-state index is 12.5. The van der Waals surface area contributed by atoms with Crippen molar-refractivity contribution in [2.45, 2.75) is 60.9 Å². The lowest BCUT2D eigenvalue weighted by molar-refractivity contribution is 0.0518. The predicted octanol–water partition coefficient (Wildman–Crippen LogP) is 2.76. The largest absolute Gasteiger partial charge is 0.505 e. The summed E-state index contributed by atoms with van der Waals surface area (Å²) in [6.07, 6.45) is 1.21. The summed E-state index contributed by atoms with van der Waals surface area (Å²) in [5.41, 5.74) is -0.704. The van der Waals surface area contributed by atoms with Gasteiger partial charge < -0.3 is 9.84 Å². The zero-order chi connectivity index (χ0) is 17.8. The maximum Gasteiger partial charge on any atom is 0.347 e. The van der Waals surface area contributed by atoms with Gasteiger partial charge in [-0.1, -0.05) is 34.6 Å². The van der Waals surface area contributed by atoms with Crippen molar-refractivity contribution in [3.8, 4) is 5.75 Å². The van der Waals surface area contributed by atoms with Crippen molar-refractivity contribution in [1.82, 2.24) is 9.78 Å². The smallest absolute Gasteiger partial charge is 0.347 e. The Morgan fingerprint density at radius 2 is 1.96 bits per heavy atom. The molecule has 130 valence electrons. The van der Waals surface area contributed by atoms with Gasteiger partial charge in [-0.05, 0) is 24.7 Å². The van der Waals surface area contributed by atoms with E-state index in [0.29, 0.717) is 24.6 Å². The highest BCUT2D eigenvalue weighted by Gasteiger charge is 2.26. The molecule has 1 rings (SSSR count). The second kappa shape index (κ2) is 7.62. The summed E-state index contributed by atoms with van der Waals surface area (Å²) < 4.78 is 6.19. The lowest BCUT2D eigenvalue weighted by atomic mass is 9.90. The number of ether oxygens (including phenoxy) is 1. The third-order valence-corrected chi connectivity index (χ3v) is 3.30. The average Bonchev–Trinajstić information content (AvgIpc) is 2.39. The van der Waals surface area contributed by atoms with Gasteiger partial charge in [0.1, 0.15) is 5.69 Å². The van der Waals surface area contributed by atoms with Crippen LogP contribution in [0.2, 0.25) is 0 Å². The number of nitrogens with zero attached hydrogens (tertiary/aromatic N) is 2. The molecule has 0 aliphatic rings. The summed E-state index contributed by atoms with van der Waals surface area (Å²) in [6.45, 7) is 12.3. The average molecular weight is 324 g/mol. The first-order valence-electron chi connectivity index (χ1n) is 8.07. The fraction of sp³-hybridized carbons (Fsp3) is 0.706. The molecule has 0 bridgehead atoms. The highest BCUT2D eigenvalue weighted by Crippen LogP contribution is 2.26. The van der Waals surface area contributed by atoms with Crippen molar-refractivity contribution in [2.75, 3.05) is 6.61 Å². The summed E-state index contributed by atoms with van der Waals surface area (Å²) >= 11 is 0. The first-order valence-corrected chi connectivity index (χ1v) is 8.07. The molecule has 0 saturated carbocycles. The van der Waals surface area contributed by atoms with Crippen LogP contribution in [0.15, 0.2) is 4.79 Å². The van der Waals surface area contributed by atoms with Gasteiger partial charge >= 0.3 is 5.97 Å². The molecule has 0 radical (unpaired) electrons. The summed E-state index contributed by atoms with van der Waals surface area (Å²) in [5, 5.41) is 14.6. The molecule has 0 unspecified atom stereocenters. The van der Waals surface area contributed by atoms with Gasteiger partial charge in [0, 0.05) is 13.0 Å². The molecule has 23 heavy (non-hydrogen) atoms. The van der Waals surface area contributed by atoms with Crippen molar-refractivity contribution >= 4 is 5.97 Å². The number of rotatable bonds is 6. The zero-order valence-corrected chi connectivity index (χ0v) is 15.0. The molecule has 0 amide bonds. The number of aryl methyl sites for hydroxylation is 1. The highest BCUT2D eigenvalue weighted by molar-refractivity contribution is 5.92. The third-order valence-electron chi connectivity index (χ3n) is 3.30. The van der Waals surface area contributed by atoms with Crippen LogP contribution < -0.4 is 5.56 Å². The predicted molar refractivity (Wildman–Crippen MR) is 88.7 cm³/mol. The van der Waals surface area contributed by atoms with E-state index in [2.05, 4.69) is 5.10 Å². The number of aromatic nitrogens is 2. The second-order valence-electron chi connectivity index (χ2n) is 7.34. The number of aromatic hydroxyl groups is 1. The first kappa shape index (κ1) is 19.2. The Labute approximate surface area is 137 Å². The summed E-state index contributed by atoms with van der Waals surface area (Å²) in [4.78, 5) is 24.5. The Morgan fingerprint density at radius 1 is 1.35 bits per heavy atom. The second-order valence-corrected chi connectivity index (χ2v) is 7.34. The van der Waals surface area contributed by atoms with Crippen LogP contribution in [0.25, 0.3) is 0 Å². The lowest BCUT2D eigenvalue weighted by Gasteiger charge is -2.20. The molecule has 6 nitrogen and oxygen atoms in total. The molecule has 1 aromatic heterocycles. The van der Waals surface area contributed by atoms with Gasteiger partial charge in [-0.3, -0.25) is 4.79 Å². The van der Waals surface area contributed by atoms with Gasteiger partial charge in [0.25, 0.3) is 5.56 Å². The maximum atomic E-state index is 12.5. The fourth-order valence-corrected chi connectivity index (χ4v) is 2.15. The van der Waals surface area contributed by atoms with E-state index in [4.69, 9.17) is 4.74 Å². The van der Waals surface area contributed by atoms with E-state index in [1.807, 2.05) is 34.6 Å². The summed E-state index contributed by atoms with van der Waals surface area (Å²) in [5.74, 6) is -0.760. The Hall–Kier alpha value is -1.85. The van der Waals surface area contributed by atoms with Crippen LogP contribution in [-0.4, -0.2) is 27.5 Å². The van der Waals surface area contributed by atoms with Gasteiger partial charge in [0.15, 0.2) is 11.3 Å². The van der Waals surface area contributed by atoms with Gasteiger partial charge in [-0.2, -0.15) is 5.10 Å². The van der Waals surface area contributed by atoms with Crippen LogP contribution >= 0.6 is 0 Å². The van der Waals surface area contributed by atoms with E-state index in [9.17, 15) is 14.7 Å². The monoisotopic (exact) mass is 324 g/mol. The molecule has 0 saturated heterocycles. The normalized spacial score (nSPS) is 11.8. The molecular weight excluding hydrogens is 296 g/mol. The number of hydrogen-bond donors (Lipinski definition) is 1. The molecule has 0 aliphatic heterocycles. The van der Waals surface area contributed by atoms with E-state index in [1.54, 1.807) is 6.92 Å². The Morgan fingerprint density at radius 3 is 2.43 bits per heavy atom. The van der Waals surface area contributed by atoms with Gasteiger partial charge in [-0.25, -0.2) is 9.48 Å². The van der Waals surface area contributed by atoms with E-state index in [-0.39, 0.29) is 23.3 Å². The molecule has 0 aromatic carbocycles. The molecule has 0 atom stereocenters. The van der Waals surface area contributed by atoms with Gasteiger partial charge in [0.05, 0.1) is 6.61 Å². The molecular formula is C17H28N2O4. The third kappa shape index (κ3) is 5.37. The molecule has 0 aliphatic carbocycles. The first-order chi connectivity index (χ1) is 10.6. The minimum atomic E-state index is -0.800. The topological polar surface area (TPSA) is 81.4 Å². The molecule has 0 spiro atoms. The van der Waals surface area contributed by atoms with Crippen LogP contribution in [-0.2, 0) is 17.7 Å². The van der Waals surface area contributed by atoms with Crippen LogP contribution in [0.5, 0.6) is 5.75 Å². The SMILES string of the molecule is CCOC(=O)c1c(O)c(CC(C)(C)C)nn(CCC(C)C)c1=O. The number of hydrogen-bond acceptors (Lipinski definition) is 5. The molecule has 0 fully saturated rings. The van der Waals surface area contributed by atoms with E-state index >= 15 is 0 Å². The standard InChI is InChI=1S/C17H28N2O4/c1-7-23-16(22)13-14(20)12(10-17(4,5)6)18-19(15(13)21)9-8-11(2)3/h11,20H,7-10H2,1-6H3. The lowest BCUT2D eigenvalue weighted by Crippen LogP contribution is -2.32. The Balaban J connectivity index is 3.41. The van der Waals surface area contributed by atoms with Crippen molar-refractivity contribution in [2.24, 2.45) is 11.3 Å². The van der Waals surface area contributed by atoms with E-state index in [0.717, 1.165) is 6.42 Å². The molecule has 6 heteroatoms. The Bertz CT molecular complexity index is 612. The highest BCUT2D eigenvalue weighted by atomic mass is 16.5.